The van der Waals surface area contributed by atoms with Crippen LogP contribution in [-0.4, -0.2) is 42.0 Å². The Kier molecular flexibility index (Phi) is 6.91. The highest BCUT2D eigenvalue weighted by Gasteiger charge is 2.31. The molecule has 0 aliphatic heterocycles. The van der Waals surface area contributed by atoms with Crippen LogP contribution in [-0.2, 0) is 6.18 Å². The summed E-state index contributed by atoms with van der Waals surface area (Å²) in [6.45, 7) is 3.30. The van der Waals surface area contributed by atoms with Crippen molar-refractivity contribution in [3.63, 3.8) is 0 Å². The molecule has 1 N–H and O–H groups in total. The molecule has 5 nitrogen and oxygen atoms in total. The van der Waals surface area contributed by atoms with Gasteiger partial charge in [0.05, 0.1) is 11.1 Å². The summed E-state index contributed by atoms with van der Waals surface area (Å²) in [5, 5.41) is 11.8. The number of fused-ring (bicyclic) bond motifs is 1. The average molecular weight is 468 g/mol. The number of nitrogens with zero attached hydrogens (tertiary/aromatic N) is 2. The number of carbonyl (C=O) groups excluding carboxylic acids is 2. The van der Waals surface area contributed by atoms with E-state index in [-0.39, 0.29) is 28.3 Å². The normalized spacial score (nSPS) is 12.7. The smallest absolute Gasteiger partial charge is 0.416 e. The lowest BCUT2D eigenvalue weighted by Gasteiger charge is -2.16. The monoisotopic (exact) mass is 468 g/mol. The highest BCUT2D eigenvalue weighted by atomic mass is 19.4. The third-order valence-corrected chi connectivity index (χ3v) is 5.37. The second-order valence-corrected chi connectivity index (χ2v) is 8.05. The maximum absolute atomic E-state index is 13.2. The maximum atomic E-state index is 13.2. The van der Waals surface area contributed by atoms with Gasteiger partial charge in [-0.25, -0.2) is 0 Å². The van der Waals surface area contributed by atoms with Gasteiger partial charge < -0.3 is 10.0 Å². The molecule has 0 bridgehead atoms. The number of halogens is 3. The number of phenolic OH excluding ortho intramolecular Hbond substituents is 1. The largest absolute Gasteiger partial charge is 0.506 e. The van der Waals surface area contributed by atoms with Crippen molar-refractivity contribution in [2.24, 2.45) is 4.99 Å². The number of allylic oxidation sites excluding steroid dienone is 1. The van der Waals surface area contributed by atoms with E-state index in [2.05, 4.69) is 4.99 Å². The number of aliphatic imine (C=N–C) groups is 1. The lowest BCUT2D eigenvalue weighted by Crippen LogP contribution is -2.22. The van der Waals surface area contributed by atoms with Crippen molar-refractivity contribution in [2.75, 3.05) is 14.1 Å². The first kappa shape index (κ1) is 24.7. The molecule has 0 aromatic heterocycles. The third kappa shape index (κ3) is 5.01. The summed E-state index contributed by atoms with van der Waals surface area (Å²) in [4.78, 5) is 29.5. The van der Waals surface area contributed by atoms with Crippen molar-refractivity contribution in [1.29, 1.82) is 0 Å². The van der Waals surface area contributed by atoms with Crippen molar-refractivity contribution in [3.8, 4) is 5.75 Å². The van der Waals surface area contributed by atoms with Gasteiger partial charge in [0.1, 0.15) is 12.0 Å². The zero-order valence-electron chi connectivity index (χ0n) is 19.1. The van der Waals surface area contributed by atoms with E-state index in [9.17, 15) is 27.9 Å². The Labute approximate surface area is 194 Å². The Balaban J connectivity index is 2.13. The van der Waals surface area contributed by atoms with Gasteiger partial charge in [-0.15, -0.1) is 0 Å². The van der Waals surface area contributed by atoms with E-state index in [0.29, 0.717) is 33.9 Å². The van der Waals surface area contributed by atoms with Crippen LogP contribution < -0.4 is 0 Å². The number of hydrogen-bond donors (Lipinski definition) is 1. The molecule has 176 valence electrons. The highest BCUT2D eigenvalue weighted by molar-refractivity contribution is 6.15. The predicted molar refractivity (Wildman–Crippen MR) is 126 cm³/mol. The van der Waals surface area contributed by atoms with Crippen LogP contribution in [0.4, 0.5) is 13.2 Å². The van der Waals surface area contributed by atoms with Crippen molar-refractivity contribution >= 4 is 34.3 Å². The Morgan fingerprint density at radius 3 is 2.24 bits per heavy atom. The molecule has 0 atom stereocenters. The summed E-state index contributed by atoms with van der Waals surface area (Å²) in [5.41, 5.74) is 0.828. The number of hydrogen-bond acceptors (Lipinski definition) is 4. The van der Waals surface area contributed by atoms with Crippen LogP contribution in [0.3, 0.4) is 0 Å². The zero-order chi connectivity index (χ0) is 25.2. The van der Waals surface area contributed by atoms with Crippen molar-refractivity contribution in [3.05, 3.63) is 82.5 Å². The van der Waals surface area contributed by atoms with Crippen LogP contribution in [0.1, 0.15) is 51.3 Å². The van der Waals surface area contributed by atoms with Crippen molar-refractivity contribution < 1.29 is 27.9 Å². The van der Waals surface area contributed by atoms with Crippen LogP contribution in [0.2, 0.25) is 0 Å². The maximum Gasteiger partial charge on any atom is 0.416 e. The lowest BCUT2D eigenvalue weighted by molar-refractivity contribution is -0.137. The van der Waals surface area contributed by atoms with E-state index < -0.39 is 11.7 Å². The first-order valence-electron chi connectivity index (χ1n) is 10.3. The molecule has 1 amide bonds. The average Bonchev–Trinajstić information content (AvgIpc) is 2.81. The van der Waals surface area contributed by atoms with Gasteiger partial charge >= 0.3 is 6.18 Å². The zero-order valence-corrected chi connectivity index (χ0v) is 19.1. The number of amides is 1. The first-order chi connectivity index (χ1) is 15.9. The van der Waals surface area contributed by atoms with Gasteiger partial charge in [-0.2, -0.15) is 13.2 Å². The van der Waals surface area contributed by atoms with E-state index in [1.165, 1.54) is 17.2 Å². The fourth-order valence-corrected chi connectivity index (χ4v) is 3.51. The topological polar surface area (TPSA) is 70.0 Å². The molecule has 34 heavy (non-hydrogen) atoms. The Morgan fingerprint density at radius 2 is 1.65 bits per heavy atom. The number of aromatic hydroxyl groups is 1. The molecule has 0 spiro atoms. The number of benzene rings is 3. The summed E-state index contributed by atoms with van der Waals surface area (Å²) in [7, 11) is 3.15. The molecule has 0 fully saturated rings. The molecule has 0 heterocycles. The molecule has 0 aliphatic rings. The summed E-state index contributed by atoms with van der Waals surface area (Å²) in [5.74, 6) is -0.516. The third-order valence-electron chi connectivity index (χ3n) is 5.37. The fraction of sp³-hybridized carbons (Fsp3) is 0.192. The predicted octanol–water partition coefficient (Wildman–Crippen LogP) is 5.95. The molecular weight excluding hydrogens is 445 g/mol. The molecule has 3 aromatic carbocycles. The van der Waals surface area contributed by atoms with Gasteiger partial charge in [0.15, 0.2) is 0 Å². The first-order valence-corrected chi connectivity index (χ1v) is 10.3. The number of carbonyl (C=O) groups is 2. The van der Waals surface area contributed by atoms with Crippen LogP contribution in [0.15, 0.2) is 59.7 Å². The molecule has 0 saturated carbocycles. The van der Waals surface area contributed by atoms with Crippen LogP contribution in [0.25, 0.3) is 16.3 Å². The van der Waals surface area contributed by atoms with Crippen molar-refractivity contribution in [1.82, 2.24) is 4.90 Å². The van der Waals surface area contributed by atoms with Gasteiger partial charge in [-0.1, -0.05) is 24.3 Å². The minimum Gasteiger partial charge on any atom is -0.506 e. The van der Waals surface area contributed by atoms with E-state index in [1.807, 2.05) is 0 Å². The van der Waals surface area contributed by atoms with Gasteiger partial charge in [0.2, 0.25) is 0 Å². The van der Waals surface area contributed by atoms with Gasteiger partial charge in [-0.05, 0) is 54.6 Å². The van der Waals surface area contributed by atoms with E-state index in [0.717, 1.165) is 12.1 Å². The molecule has 0 radical (unpaired) electrons. The number of phenols is 1. The molecule has 0 saturated heterocycles. The minimum atomic E-state index is -4.59. The molecule has 0 unspecified atom stereocenters. The number of rotatable bonds is 5. The van der Waals surface area contributed by atoms with Gasteiger partial charge in [0, 0.05) is 42.5 Å². The summed E-state index contributed by atoms with van der Waals surface area (Å²) in [6.07, 6.45) is -2.81. The second-order valence-electron chi connectivity index (χ2n) is 8.05. The Bertz CT molecular complexity index is 1340. The van der Waals surface area contributed by atoms with Gasteiger partial charge in [-0.3, -0.25) is 14.6 Å². The lowest BCUT2D eigenvalue weighted by atomic mass is 9.96. The Morgan fingerprint density at radius 1 is 1.00 bits per heavy atom. The molecular formula is C26H23F3N2O3. The van der Waals surface area contributed by atoms with Gasteiger partial charge in [0.25, 0.3) is 5.91 Å². The summed E-state index contributed by atoms with van der Waals surface area (Å²) < 4.78 is 39.6. The molecule has 3 aromatic rings. The highest BCUT2D eigenvalue weighted by Crippen LogP contribution is 2.34. The van der Waals surface area contributed by atoms with Crippen LogP contribution in [0.5, 0.6) is 5.75 Å². The standard InChI is InChI=1S/C26H23F3N2O3/c1-15(18-9-17(14-32)10-19(11-18)26(27,28)29)13-30-16(2)22-12-23(25(34)31(3)4)24(33)21-8-6-5-7-20(21)22/h5-14,33H,1-4H3/b15-13+,30-16?. The molecule has 8 heteroatoms. The molecule has 3 rings (SSSR count). The summed E-state index contributed by atoms with van der Waals surface area (Å²) >= 11 is 0. The fourth-order valence-electron chi connectivity index (χ4n) is 3.51. The summed E-state index contributed by atoms with van der Waals surface area (Å²) in [6, 6.07) is 11.7. The van der Waals surface area contributed by atoms with Crippen LogP contribution >= 0.6 is 0 Å². The van der Waals surface area contributed by atoms with Crippen LogP contribution in [0, 0.1) is 0 Å². The molecule has 0 aliphatic carbocycles. The van der Waals surface area contributed by atoms with Crippen molar-refractivity contribution in [2.45, 2.75) is 20.0 Å². The Hall–Kier alpha value is -3.94. The second kappa shape index (κ2) is 9.51. The van der Waals surface area contributed by atoms with E-state index >= 15 is 0 Å². The SMILES string of the molecule is CC(=N/C=C(\C)c1cc(C=O)cc(C(F)(F)F)c1)c1cc(C(=O)N(C)C)c(O)c2ccccc12. The van der Waals surface area contributed by atoms with E-state index in [4.69, 9.17) is 0 Å². The minimum absolute atomic E-state index is 0.0883. The number of alkyl halides is 3. The number of aldehydes is 1. The van der Waals surface area contributed by atoms with E-state index in [1.54, 1.807) is 58.3 Å². The quantitative estimate of drug-likeness (QED) is 0.372.